The van der Waals surface area contributed by atoms with Crippen LogP contribution in [0, 0.1) is 0 Å². The van der Waals surface area contributed by atoms with Gasteiger partial charge in [-0.15, -0.1) is 12.6 Å². The van der Waals surface area contributed by atoms with E-state index in [9.17, 15) is 0 Å². The molecule has 0 atom stereocenters. The van der Waals surface area contributed by atoms with E-state index in [4.69, 9.17) is 12.6 Å². The van der Waals surface area contributed by atoms with Crippen LogP contribution in [0.15, 0.2) is 35.2 Å². The largest absolute Gasteiger partial charge is 0.142 e. The molecule has 0 aliphatic rings. The van der Waals surface area contributed by atoms with E-state index >= 15 is 0 Å². The molecule has 0 bridgehead atoms. The second kappa shape index (κ2) is 26.1. The van der Waals surface area contributed by atoms with Gasteiger partial charge in [-0.1, -0.05) is 187 Å². The van der Waals surface area contributed by atoms with Gasteiger partial charge in [0, 0.05) is 10.3 Å². The first kappa shape index (κ1) is 45.7. The van der Waals surface area contributed by atoms with Gasteiger partial charge in [-0.2, -0.15) is 0 Å². The highest BCUT2D eigenvalue weighted by atomic mass is 32.1. The highest BCUT2D eigenvalue weighted by Crippen LogP contribution is 2.47. The van der Waals surface area contributed by atoms with E-state index in [2.05, 4.69) is 71.9 Å². The lowest BCUT2D eigenvalue weighted by Gasteiger charge is -2.27. The number of hydrogen-bond donors (Lipinski definition) is 1. The molecule has 0 nitrogen and oxygen atoms in total. The van der Waals surface area contributed by atoms with Crippen molar-refractivity contribution in [2.45, 2.75) is 239 Å². The second-order valence-electron chi connectivity index (χ2n) is 17.4. The molecule has 0 aliphatic carbocycles. The standard InChI is InChI=1S/C54H84S/c1-7-13-19-25-33-42-41-50-45-36-31-32-39-48(45)53-52(51(50)46(37-28-22-16-10-4)43(42)34-26-20-14-8-2)47(38-29-23-17-11-5)44(35-27-21-15-9-3)49(54(53)55)40-30-24-18-12-6/h31-32,36,39,41,55H,7-30,33-35,37-38,40H2,1-6H3. The molecule has 0 aromatic heterocycles. The SMILES string of the molecule is CCCCCCc1cc2c3ccccc3c3c(S)c(CCCCCC)c(CCCCCC)c(CCCCCC)c3c2c(CCCCCC)c1CCCCCC. The van der Waals surface area contributed by atoms with Crippen LogP contribution in [0.5, 0.6) is 0 Å². The Hall–Kier alpha value is -1.99. The van der Waals surface area contributed by atoms with E-state index in [1.165, 1.54) is 214 Å². The summed E-state index contributed by atoms with van der Waals surface area (Å²) in [5.41, 5.74) is 10.2. The molecule has 0 saturated heterocycles. The zero-order valence-corrected chi connectivity index (χ0v) is 37.9. The lowest BCUT2D eigenvalue weighted by atomic mass is 9.78. The molecule has 0 spiro atoms. The molecular formula is C54H84S. The van der Waals surface area contributed by atoms with Crippen molar-refractivity contribution in [3.05, 3.63) is 63.7 Å². The summed E-state index contributed by atoms with van der Waals surface area (Å²) in [6.07, 6.45) is 39.0. The maximum Gasteiger partial charge on any atom is 0.0160 e. The molecule has 0 radical (unpaired) electrons. The third-order valence-corrected chi connectivity index (χ3v) is 13.4. The third kappa shape index (κ3) is 12.7. The van der Waals surface area contributed by atoms with Crippen LogP contribution in [0.3, 0.4) is 0 Å². The first-order valence-electron chi connectivity index (χ1n) is 24.2. The number of fused-ring (bicyclic) bond motifs is 6. The zero-order valence-electron chi connectivity index (χ0n) is 37.0. The quantitative estimate of drug-likeness (QED) is 0.0305. The highest BCUT2D eigenvalue weighted by Gasteiger charge is 2.25. The van der Waals surface area contributed by atoms with Gasteiger partial charge in [-0.25, -0.2) is 0 Å². The predicted octanol–water partition coefficient (Wildman–Crippen LogP) is 18.2. The summed E-state index contributed by atoms with van der Waals surface area (Å²) in [6.45, 7) is 14.2. The van der Waals surface area contributed by atoms with Crippen molar-refractivity contribution in [2.24, 2.45) is 0 Å². The summed E-state index contributed by atoms with van der Waals surface area (Å²) in [5.74, 6) is 0. The Morgan fingerprint density at radius 1 is 0.327 bits per heavy atom. The van der Waals surface area contributed by atoms with Crippen molar-refractivity contribution in [1.29, 1.82) is 0 Å². The molecule has 4 rings (SSSR count). The van der Waals surface area contributed by atoms with Gasteiger partial charge < -0.3 is 0 Å². The van der Waals surface area contributed by atoms with Crippen molar-refractivity contribution in [3.63, 3.8) is 0 Å². The minimum absolute atomic E-state index is 1.18. The first-order valence-corrected chi connectivity index (χ1v) is 24.7. The Labute approximate surface area is 346 Å². The van der Waals surface area contributed by atoms with Crippen molar-refractivity contribution in [2.75, 3.05) is 0 Å². The van der Waals surface area contributed by atoms with Crippen LogP contribution in [-0.4, -0.2) is 0 Å². The number of rotatable bonds is 30. The summed E-state index contributed by atoms with van der Waals surface area (Å²) in [6, 6.07) is 12.3. The minimum Gasteiger partial charge on any atom is -0.142 e. The lowest BCUT2D eigenvalue weighted by Crippen LogP contribution is -2.09. The topological polar surface area (TPSA) is 0 Å². The molecule has 0 unspecified atom stereocenters. The van der Waals surface area contributed by atoms with Crippen molar-refractivity contribution in [1.82, 2.24) is 0 Å². The maximum atomic E-state index is 5.72. The number of unbranched alkanes of at least 4 members (excludes halogenated alkanes) is 18. The number of hydrogen-bond acceptors (Lipinski definition) is 1. The summed E-state index contributed by atoms with van der Waals surface area (Å²) >= 11 is 5.72. The fourth-order valence-electron chi connectivity index (χ4n) is 9.75. The van der Waals surface area contributed by atoms with Gasteiger partial charge in [-0.3, -0.25) is 0 Å². The molecular weight excluding hydrogens is 681 g/mol. The third-order valence-electron chi connectivity index (χ3n) is 12.9. The molecule has 0 N–H and O–H groups in total. The summed E-state index contributed by atoms with van der Waals surface area (Å²) < 4.78 is 0. The van der Waals surface area contributed by atoms with Crippen LogP contribution in [0.4, 0.5) is 0 Å². The Balaban J connectivity index is 2.18. The van der Waals surface area contributed by atoms with Gasteiger partial charge in [0.2, 0.25) is 0 Å². The van der Waals surface area contributed by atoms with Crippen LogP contribution in [0.2, 0.25) is 0 Å². The minimum atomic E-state index is 1.18. The van der Waals surface area contributed by atoms with E-state index in [0.29, 0.717) is 0 Å². The zero-order chi connectivity index (χ0) is 39.3. The van der Waals surface area contributed by atoms with E-state index in [1.54, 1.807) is 49.5 Å². The Bertz CT molecular complexity index is 1690. The molecule has 4 aromatic rings. The van der Waals surface area contributed by atoms with Crippen molar-refractivity contribution < 1.29 is 0 Å². The number of thiol groups is 1. The van der Waals surface area contributed by atoms with Crippen LogP contribution in [0.25, 0.3) is 32.3 Å². The smallest absolute Gasteiger partial charge is 0.0160 e. The van der Waals surface area contributed by atoms with Gasteiger partial charge in [0.25, 0.3) is 0 Å². The van der Waals surface area contributed by atoms with Crippen molar-refractivity contribution >= 4 is 44.9 Å². The molecule has 4 aromatic carbocycles. The molecule has 0 amide bonds. The molecule has 0 saturated carbocycles. The average molecular weight is 765 g/mol. The second-order valence-corrected chi connectivity index (χ2v) is 17.8. The fourth-order valence-corrected chi connectivity index (χ4v) is 10.2. The lowest BCUT2D eigenvalue weighted by molar-refractivity contribution is 0.638. The molecule has 0 heterocycles. The van der Waals surface area contributed by atoms with Crippen LogP contribution in [0.1, 0.15) is 229 Å². The Kier molecular flexibility index (Phi) is 21.7. The van der Waals surface area contributed by atoms with Crippen molar-refractivity contribution in [3.8, 4) is 0 Å². The molecule has 0 aliphatic heterocycles. The van der Waals surface area contributed by atoms with Gasteiger partial charge in [-0.05, 0) is 137 Å². The number of aryl methyl sites for hydroxylation is 3. The van der Waals surface area contributed by atoms with Gasteiger partial charge in [0.15, 0.2) is 0 Å². The molecule has 306 valence electrons. The summed E-state index contributed by atoms with van der Waals surface area (Å²) in [4.78, 5) is 1.32. The molecule has 55 heavy (non-hydrogen) atoms. The van der Waals surface area contributed by atoms with Crippen LogP contribution >= 0.6 is 12.6 Å². The maximum absolute atomic E-state index is 5.72. The van der Waals surface area contributed by atoms with Crippen LogP contribution < -0.4 is 0 Å². The monoisotopic (exact) mass is 765 g/mol. The Morgan fingerprint density at radius 3 is 1.18 bits per heavy atom. The van der Waals surface area contributed by atoms with Gasteiger partial charge in [0.1, 0.15) is 0 Å². The van der Waals surface area contributed by atoms with E-state index in [1.807, 2.05) is 0 Å². The number of benzene rings is 4. The van der Waals surface area contributed by atoms with E-state index in [-0.39, 0.29) is 0 Å². The fraction of sp³-hybridized carbons (Fsp3) is 0.667. The molecule has 1 heteroatoms. The van der Waals surface area contributed by atoms with Gasteiger partial charge >= 0.3 is 0 Å². The predicted molar refractivity (Wildman–Crippen MR) is 253 cm³/mol. The normalized spacial score (nSPS) is 11.9. The first-order chi connectivity index (χ1) is 27.1. The average Bonchev–Trinajstić information content (AvgIpc) is 3.20. The molecule has 0 fully saturated rings. The van der Waals surface area contributed by atoms with Crippen LogP contribution in [-0.2, 0) is 38.5 Å². The van der Waals surface area contributed by atoms with E-state index < -0.39 is 0 Å². The summed E-state index contributed by atoms with van der Waals surface area (Å²) in [7, 11) is 0. The summed E-state index contributed by atoms with van der Waals surface area (Å²) in [5, 5.41) is 9.21. The van der Waals surface area contributed by atoms with E-state index in [0.717, 1.165) is 0 Å². The Morgan fingerprint density at radius 2 is 0.709 bits per heavy atom. The van der Waals surface area contributed by atoms with Gasteiger partial charge in [0.05, 0.1) is 0 Å². The highest BCUT2D eigenvalue weighted by molar-refractivity contribution is 7.80.